The molecule has 3 rings (SSSR count). The third-order valence-electron chi connectivity index (χ3n) is 4.23. The number of rotatable bonds is 8. The predicted molar refractivity (Wildman–Crippen MR) is 98.0 cm³/mol. The van der Waals surface area contributed by atoms with Gasteiger partial charge in [0.05, 0.1) is 0 Å². The first-order valence-corrected chi connectivity index (χ1v) is 8.69. The van der Waals surface area contributed by atoms with Crippen molar-refractivity contribution in [2.75, 3.05) is 0 Å². The molecule has 0 radical (unpaired) electrons. The van der Waals surface area contributed by atoms with E-state index < -0.39 is 0 Å². The van der Waals surface area contributed by atoms with Crippen LogP contribution in [0.4, 0.5) is 0 Å². The van der Waals surface area contributed by atoms with E-state index in [1.165, 1.54) is 22.3 Å². The Balaban J connectivity index is 0.00000169. The van der Waals surface area contributed by atoms with Gasteiger partial charge in [-0.25, -0.2) is 0 Å². The molecule has 0 aromatic heterocycles. The lowest BCUT2D eigenvalue weighted by atomic mass is 10.1. The largest absolute Gasteiger partial charge is 1.00 e. The molecule has 0 amide bonds. The Morgan fingerprint density at radius 3 is 0.962 bits per heavy atom. The molecule has 0 fully saturated rings. The minimum Gasteiger partial charge on any atom is -1.00 e. The maximum absolute atomic E-state index is 2.35. The van der Waals surface area contributed by atoms with Crippen LogP contribution in [-0.4, -0.2) is 0 Å². The Kier molecular flexibility index (Phi) is 10.7. The van der Waals surface area contributed by atoms with Gasteiger partial charge in [-0.05, 0) is 0 Å². The Bertz CT molecular complexity index is 652. The first-order valence-electron chi connectivity index (χ1n) is 8.69. The van der Waals surface area contributed by atoms with Crippen LogP contribution in [0.25, 0.3) is 0 Å². The fourth-order valence-corrected chi connectivity index (χ4v) is 2.85. The van der Waals surface area contributed by atoms with Gasteiger partial charge < -0.3 is 35.4 Å². The Morgan fingerprint density at radius 2 is 0.654 bits per heavy atom. The summed E-state index contributed by atoms with van der Waals surface area (Å²) in [6, 6.07) is 30.3. The zero-order chi connectivity index (χ0) is 16.5. The summed E-state index contributed by atoms with van der Waals surface area (Å²) in [6.45, 7) is 4.13. The lowest BCUT2D eigenvalue weighted by Gasteiger charge is -2.05. The van der Waals surface area contributed by atoms with E-state index in [0.29, 0.717) is 0 Å². The van der Waals surface area contributed by atoms with Crippen LogP contribution in [0.15, 0.2) is 84.9 Å². The summed E-state index contributed by atoms with van der Waals surface area (Å²) in [7, 11) is 0. The highest BCUT2D eigenvalue weighted by Crippen LogP contribution is 2.02. The molecule has 0 aliphatic heterocycles. The van der Waals surface area contributed by atoms with Gasteiger partial charge in [-0.1, -0.05) is 84.9 Å². The maximum Gasteiger partial charge on any atom is 0.101 e. The van der Waals surface area contributed by atoms with Crippen molar-refractivity contribution in [3.8, 4) is 0 Å². The van der Waals surface area contributed by atoms with E-state index in [9.17, 15) is 0 Å². The van der Waals surface area contributed by atoms with Gasteiger partial charge in [0.2, 0.25) is 0 Å². The summed E-state index contributed by atoms with van der Waals surface area (Å²) in [5.74, 6) is 0. The summed E-state index contributed by atoms with van der Waals surface area (Å²) in [5.41, 5.74) is 5.53. The van der Waals surface area contributed by atoms with E-state index in [0.717, 1.165) is 26.2 Å². The first kappa shape index (κ1) is 22.2. The second-order valence-electron chi connectivity index (χ2n) is 6.18. The fourth-order valence-electron chi connectivity index (χ4n) is 2.85. The smallest absolute Gasteiger partial charge is 0.101 e. The van der Waals surface area contributed by atoms with Crippen LogP contribution in [0, 0.1) is 0 Å². The third-order valence-corrected chi connectivity index (χ3v) is 4.23. The summed E-state index contributed by atoms with van der Waals surface area (Å²) in [5, 5.41) is 4.71. The van der Waals surface area contributed by atoms with E-state index in [1.54, 1.807) is 0 Å². The van der Waals surface area contributed by atoms with Crippen LogP contribution in [0.2, 0.25) is 0 Å². The van der Waals surface area contributed by atoms with Crippen molar-refractivity contribution in [1.29, 1.82) is 0 Å². The molecule has 0 heterocycles. The second-order valence-corrected chi connectivity index (χ2v) is 6.18. The average molecular weight is 389 g/mol. The molecule has 3 aromatic carbocycles. The Morgan fingerprint density at radius 1 is 0.385 bits per heavy atom. The third kappa shape index (κ3) is 7.59. The van der Waals surface area contributed by atoms with E-state index in [2.05, 4.69) is 95.6 Å². The second kappa shape index (κ2) is 12.5. The Labute approximate surface area is 168 Å². The number of hydrogen-bond acceptors (Lipinski definition) is 0. The van der Waals surface area contributed by atoms with Gasteiger partial charge in [-0.15, -0.1) is 0 Å². The lowest BCUT2D eigenvalue weighted by molar-refractivity contribution is -0.686. The summed E-state index contributed by atoms with van der Waals surface area (Å²) in [6.07, 6.45) is 0. The number of benzene rings is 3. The van der Waals surface area contributed by atoms with Gasteiger partial charge in [-0.3, -0.25) is 0 Å². The van der Waals surface area contributed by atoms with Crippen molar-refractivity contribution in [3.63, 3.8) is 0 Å². The number of hydrogen-bond donors (Lipinski definition) is 2. The average Bonchev–Trinajstić information content (AvgIpc) is 2.65. The summed E-state index contributed by atoms with van der Waals surface area (Å²) in [4.78, 5) is 0. The molecule has 4 N–H and O–H groups in total. The van der Waals surface area contributed by atoms with Crippen LogP contribution >= 0.6 is 0 Å². The molecular formula is C22H26Cl2N2. The van der Waals surface area contributed by atoms with Crippen molar-refractivity contribution in [1.82, 2.24) is 0 Å². The number of halogens is 2. The molecule has 0 saturated heterocycles. The molecule has 0 saturated carbocycles. The van der Waals surface area contributed by atoms with Gasteiger partial charge in [-0.2, -0.15) is 0 Å². The number of nitrogens with two attached hydrogens (primary N) is 2. The minimum atomic E-state index is 0. The van der Waals surface area contributed by atoms with E-state index in [1.807, 2.05) is 0 Å². The number of quaternary nitrogens is 2. The van der Waals surface area contributed by atoms with Crippen LogP contribution in [-0.2, 0) is 26.2 Å². The molecule has 3 aromatic rings. The lowest BCUT2D eigenvalue weighted by Crippen LogP contribution is -3.00. The van der Waals surface area contributed by atoms with Gasteiger partial charge in [0, 0.05) is 22.3 Å². The fraction of sp³-hybridized carbons (Fsp3) is 0.182. The zero-order valence-electron chi connectivity index (χ0n) is 14.8. The van der Waals surface area contributed by atoms with Crippen LogP contribution in [0.1, 0.15) is 22.3 Å². The maximum atomic E-state index is 2.35. The van der Waals surface area contributed by atoms with Crippen molar-refractivity contribution in [3.05, 3.63) is 107 Å². The Hall–Kier alpha value is -1.84. The quantitative estimate of drug-likeness (QED) is 0.397. The molecular weight excluding hydrogens is 363 g/mol. The highest BCUT2D eigenvalue weighted by molar-refractivity contribution is 5.21. The van der Waals surface area contributed by atoms with Crippen molar-refractivity contribution in [2.45, 2.75) is 26.2 Å². The van der Waals surface area contributed by atoms with Crippen LogP contribution < -0.4 is 35.4 Å². The molecule has 4 heteroatoms. The van der Waals surface area contributed by atoms with Gasteiger partial charge in [0.25, 0.3) is 0 Å². The molecule has 138 valence electrons. The molecule has 0 bridgehead atoms. The van der Waals surface area contributed by atoms with Gasteiger partial charge in [0.15, 0.2) is 0 Å². The summed E-state index contributed by atoms with van der Waals surface area (Å²) < 4.78 is 0. The van der Waals surface area contributed by atoms with E-state index >= 15 is 0 Å². The van der Waals surface area contributed by atoms with Crippen molar-refractivity contribution in [2.24, 2.45) is 0 Å². The molecule has 26 heavy (non-hydrogen) atoms. The molecule has 0 aliphatic rings. The minimum absolute atomic E-state index is 0. The SMILES string of the molecule is [Cl-].[Cl-].c1ccc(C[NH2+]Cc2ccc(C[NH2+]Cc3ccccc3)cc2)cc1. The molecule has 0 atom stereocenters. The zero-order valence-corrected chi connectivity index (χ0v) is 16.3. The van der Waals surface area contributed by atoms with Crippen LogP contribution in [0.3, 0.4) is 0 Å². The molecule has 0 aliphatic carbocycles. The van der Waals surface area contributed by atoms with Gasteiger partial charge in [0.1, 0.15) is 26.2 Å². The molecule has 0 unspecified atom stereocenters. The van der Waals surface area contributed by atoms with Gasteiger partial charge >= 0.3 is 0 Å². The normalized spacial score (nSPS) is 9.85. The van der Waals surface area contributed by atoms with Crippen molar-refractivity contribution < 1.29 is 35.4 Å². The highest BCUT2D eigenvalue weighted by Gasteiger charge is 2.00. The van der Waals surface area contributed by atoms with Crippen LogP contribution in [0.5, 0.6) is 0 Å². The summed E-state index contributed by atoms with van der Waals surface area (Å²) >= 11 is 0. The molecule has 2 nitrogen and oxygen atoms in total. The molecule has 0 spiro atoms. The first-order chi connectivity index (χ1) is 11.9. The standard InChI is InChI=1S/C22H24N2.2ClH/c1-3-7-19(8-4-1)15-23-17-21-11-13-22(14-12-21)18-24-16-20-9-5-2-6-10-20;;/h1-14,23-24H,15-18H2;2*1H. The van der Waals surface area contributed by atoms with Crippen molar-refractivity contribution >= 4 is 0 Å². The monoisotopic (exact) mass is 388 g/mol. The van der Waals surface area contributed by atoms with E-state index in [4.69, 9.17) is 0 Å². The highest BCUT2D eigenvalue weighted by atomic mass is 35.5. The van der Waals surface area contributed by atoms with E-state index in [-0.39, 0.29) is 24.8 Å². The topological polar surface area (TPSA) is 33.2 Å². The predicted octanol–water partition coefficient (Wildman–Crippen LogP) is -3.78.